The zero-order chi connectivity index (χ0) is 31.1. The van der Waals surface area contributed by atoms with Gasteiger partial charge in [-0.2, -0.15) is 0 Å². The number of esters is 1. The zero-order valence-electron chi connectivity index (χ0n) is 23.6. The first-order valence-electron chi connectivity index (χ1n) is 13.8. The number of amides is 3. The van der Waals surface area contributed by atoms with E-state index in [1.165, 1.54) is 16.7 Å². The molecule has 2 aliphatic heterocycles. The molecule has 2 aliphatic rings. The predicted molar refractivity (Wildman–Crippen MR) is 172 cm³/mol. The van der Waals surface area contributed by atoms with Gasteiger partial charge in [-0.3, -0.25) is 23.7 Å². The van der Waals surface area contributed by atoms with Gasteiger partial charge >= 0.3 is 10.8 Å². The number of benzene rings is 3. The third kappa shape index (κ3) is 5.53. The van der Waals surface area contributed by atoms with Crippen LogP contribution in [0.4, 0.5) is 11.4 Å². The summed E-state index contributed by atoms with van der Waals surface area (Å²) in [5.74, 6) is -3.06. The Hall–Kier alpha value is -4.00. The van der Waals surface area contributed by atoms with Crippen molar-refractivity contribution in [3.63, 3.8) is 0 Å². The molecule has 3 unspecified atom stereocenters. The predicted octanol–water partition coefficient (Wildman–Crippen LogP) is 5.59. The highest BCUT2D eigenvalue weighted by Gasteiger charge is 2.56. The molecule has 3 heterocycles. The topological polar surface area (TPSA) is 115 Å². The smallest absolute Gasteiger partial charge is 0.338 e. The van der Waals surface area contributed by atoms with Gasteiger partial charge in [-0.25, -0.2) is 9.69 Å². The van der Waals surface area contributed by atoms with Crippen molar-refractivity contribution in [1.29, 1.82) is 0 Å². The summed E-state index contributed by atoms with van der Waals surface area (Å²) in [7, 11) is 0. The van der Waals surface area contributed by atoms with Gasteiger partial charge in [-0.15, -0.1) is 0 Å². The molecule has 1 N–H and O–H groups in total. The van der Waals surface area contributed by atoms with Crippen molar-refractivity contribution in [2.75, 3.05) is 16.8 Å². The minimum atomic E-state index is -0.830. The minimum Gasteiger partial charge on any atom is -0.462 e. The van der Waals surface area contributed by atoms with Crippen molar-refractivity contribution >= 4 is 74.1 Å². The molecule has 0 spiro atoms. The van der Waals surface area contributed by atoms with Crippen molar-refractivity contribution in [3.05, 3.63) is 109 Å². The number of carbonyl (C=O) groups is 4. The lowest BCUT2D eigenvalue weighted by Crippen LogP contribution is -2.33. The van der Waals surface area contributed by atoms with Crippen LogP contribution in [0.25, 0.3) is 0 Å². The molecule has 6 rings (SSSR count). The van der Waals surface area contributed by atoms with Gasteiger partial charge in [0.2, 0.25) is 17.7 Å². The Bertz CT molecular complexity index is 1850. The number of aryl methyl sites for hydroxylation is 1. The van der Waals surface area contributed by atoms with E-state index in [0.29, 0.717) is 26.8 Å². The first-order chi connectivity index (χ1) is 21.2. The molecule has 0 bridgehead atoms. The molecule has 3 aromatic carbocycles. The van der Waals surface area contributed by atoms with Crippen LogP contribution in [0.5, 0.6) is 0 Å². The maximum absolute atomic E-state index is 14.1. The van der Waals surface area contributed by atoms with E-state index in [2.05, 4.69) is 21.2 Å². The van der Waals surface area contributed by atoms with E-state index in [1.807, 2.05) is 43.3 Å². The fourth-order valence-corrected chi connectivity index (χ4v) is 8.70. The van der Waals surface area contributed by atoms with Crippen molar-refractivity contribution in [1.82, 2.24) is 4.57 Å². The first kappa shape index (κ1) is 30.0. The number of carbonyl (C=O) groups excluding carboxylic acids is 4. The third-order valence-corrected chi connectivity index (χ3v) is 10.6. The molecule has 4 aromatic rings. The monoisotopic (exact) mass is 691 g/mol. The molecule has 44 heavy (non-hydrogen) atoms. The number of hydrogen-bond acceptors (Lipinski definition) is 8. The number of halogens is 1. The number of thioether (sulfide) groups is 1. The second-order valence-corrected chi connectivity index (χ2v) is 13.5. The Morgan fingerprint density at radius 3 is 2.39 bits per heavy atom. The average Bonchev–Trinajstić information content (AvgIpc) is 3.44. The van der Waals surface area contributed by atoms with E-state index in [9.17, 15) is 24.0 Å². The van der Waals surface area contributed by atoms with E-state index >= 15 is 0 Å². The number of hydrogen-bond donors (Lipinski definition) is 1. The molecule has 1 fully saturated rings. The first-order valence-corrected chi connectivity index (χ1v) is 16.3. The summed E-state index contributed by atoms with van der Waals surface area (Å²) in [5, 5.41) is 2.51. The van der Waals surface area contributed by atoms with Gasteiger partial charge in [-0.1, -0.05) is 68.9 Å². The number of nitrogens with one attached hydrogen (secondary N) is 1. The van der Waals surface area contributed by atoms with Gasteiger partial charge in [0.1, 0.15) is 11.8 Å². The number of ether oxygens (including phenoxy) is 1. The molecule has 1 saturated heterocycles. The Balaban J connectivity index is 1.37. The van der Waals surface area contributed by atoms with Crippen molar-refractivity contribution < 1.29 is 23.9 Å². The van der Waals surface area contributed by atoms with Crippen LogP contribution in [-0.2, 0) is 25.7 Å². The van der Waals surface area contributed by atoms with E-state index in [1.54, 1.807) is 31.2 Å². The molecule has 3 amide bonds. The minimum absolute atomic E-state index is 0.226. The van der Waals surface area contributed by atoms with Crippen LogP contribution in [0, 0.1) is 12.8 Å². The lowest BCUT2D eigenvalue weighted by Gasteiger charge is -2.30. The van der Waals surface area contributed by atoms with Crippen molar-refractivity contribution in [2.24, 2.45) is 5.92 Å². The lowest BCUT2D eigenvalue weighted by atomic mass is 9.83. The molecule has 0 radical (unpaired) electrons. The number of aromatic nitrogens is 1. The lowest BCUT2D eigenvalue weighted by molar-refractivity contribution is -0.122. The highest BCUT2D eigenvalue weighted by atomic mass is 79.9. The molecule has 9 nitrogen and oxygen atoms in total. The van der Waals surface area contributed by atoms with Crippen LogP contribution in [0.15, 0.2) is 87.1 Å². The van der Waals surface area contributed by atoms with Crippen LogP contribution in [-0.4, -0.2) is 40.1 Å². The highest BCUT2D eigenvalue weighted by Crippen LogP contribution is 2.54. The van der Waals surface area contributed by atoms with Gasteiger partial charge in [0.05, 0.1) is 28.8 Å². The van der Waals surface area contributed by atoms with Crippen molar-refractivity contribution in [3.8, 4) is 0 Å². The number of imide groups is 1. The summed E-state index contributed by atoms with van der Waals surface area (Å²) in [4.78, 5) is 68.1. The van der Waals surface area contributed by atoms with E-state index in [4.69, 9.17) is 4.74 Å². The fraction of sp³-hybridized carbons (Fsp3) is 0.219. The summed E-state index contributed by atoms with van der Waals surface area (Å²) < 4.78 is 7.23. The molecule has 224 valence electrons. The number of rotatable bonds is 7. The molecule has 1 aromatic heterocycles. The second kappa shape index (κ2) is 12.2. The van der Waals surface area contributed by atoms with Gasteiger partial charge < -0.3 is 10.1 Å². The largest absolute Gasteiger partial charge is 0.462 e. The fourth-order valence-electron chi connectivity index (χ4n) is 5.51. The SMILES string of the molecule is CCOC(=O)c1ccc(N2C(=O)C3Sc4c(sc(=O)n4CC(=O)Nc4ccc(C)cc4)C(c4cccc(Br)c4)C3C2=O)cc1. The van der Waals surface area contributed by atoms with Crippen LogP contribution < -0.4 is 15.1 Å². The number of nitrogens with zero attached hydrogens (tertiary/aromatic N) is 2. The molecule has 3 atom stereocenters. The number of thiazole rings is 1. The molecule has 12 heteroatoms. The molecular weight excluding hydrogens is 666 g/mol. The molecule has 0 aliphatic carbocycles. The van der Waals surface area contributed by atoms with Gasteiger partial charge in [-0.05, 0) is 67.9 Å². The normalized spacial score (nSPS) is 19.0. The van der Waals surface area contributed by atoms with Gasteiger partial charge in [0, 0.05) is 21.0 Å². The van der Waals surface area contributed by atoms with E-state index in [-0.39, 0.29) is 23.9 Å². The molecular formula is C32H26BrN3O6S2. The van der Waals surface area contributed by atoms with Crippen LogP contribution in [0.3, 0.4) is 0 Å². The molecule has 0 saturated carbocycles. The Morgan fingerprint density at radius 1 is 0.977 bits per heavy atom. The quantitative estimate of drug-likeness (QED) is 0.198. The maximum Gasteiger partial charge on any atom is 0.338 e. The second-order valence-electron chi connectivity index (χ2n) is 10.4. The summed E-state index contributed by atoms with van der Waals surface area (Å²) in [6, 6.07) is 21.0. The summed E-state index contributed by atoms with van der Waals surface area (Å²) in [5.41, 5.74) is 3.08. The third-order valence-electron chi connectivity index (χ3n) is 7.53. The number of fused-ring (bicyclic) bond motifs is 2. The van der Waals surface area contributed by atoms with Crippen LogP contribution in [0.1, 0.15) is 39.2 Å². The van der Waals surface area contributed by atoms with E-state index in [0.717, 1.165) is 43.6 Å². The standard InChI is InChI=1S/C32H26BrN3O6S2/c1-3-42-31(40)18-9-13-22(14-10-18)36-28(38)25-24(19-5-4-6-20(33)15-19)27-30(43-26(25)29(36)39)35(32(41)44-27)16-23(37)34-21-11-7-17(2)8-12-21/h4-15,24-26H,3,16H2,1-2H3,(H,34,37). The average molecular weight is 693 g/mol. The Kier molecular flexibility index (Phi) is 8.32. The summed E-state index contributed by atoms with van der Waals surface area (Å²) in [6.45, 7) is 3.65. The number of anilines is 2. The maximum atomic E-state index is 14.1. The van der Waals surface area contributed by atoms with Gasteiger partial charge in [0.15, 0.2) is 0 Å². The highest BCUT2D eigenvalue weighted by molar-refractivity contribution is 9.10. The van der Waals surface area contributed by atoms with Crippen LogP contribution in [0.2, 0.25) is 0 Å². The summed E-state index contributed by atoms with van der Waals surface area (Å²) >= 11 is 5.65. The Morgan fingerprint density at radius 2 is 1.70 bits per heavy atom. The Labute approximate surface area is 269 Å². The van der Waals surface area contributed by atoms with Crippen LogP contribution >= 0.6 is 39.0 Å². The van der Waals surface area contributed by atoms with Crippen molar-refractivity contribution in [2.45, 2.75) is 36.6 Å². The zero-order valence-corrected chi connectivity index (χ0v) is 26.8. The van der Waals surface area contributed by atoms with E-state index < -0.39 is 34.9 Å². The summed E-state index contributed by atoms with van der Waals surface area (Å²) in [6.07, 6.45) is 0. The van der Waals surface area contributed by atoms with Gasteiger partial charge in [0.25, 0.3) is 0 Å².